The van der Waals surface area contributed by atoms with Gasteiger partial charge < -0.3 is 5.73 Å². The first-order valence-corrected chi connectivity index (χ1v) is 5.79. The Labute approximate surface area is 90.3 Å². The third kappa shape index (κ3) is 1.63. The minimum Gasteiger partial charge on any atom is -0.319 e. The topological polar surface area (TPSA) is 43.1 Å². The molecule has 0 aromatic heterocycles. The van der Waals surface area contributed by atoms with Crippen LogP contribution in [0.15, 0.2) is 45.2 Å². The number of allylic oxidation sites excluding steroid dienone is 4. The molecule has 2 aliphatic rings. The number of hydrogen-bond donors (Lipinski definition) is 1. The van der Waals surface area contributed by atoms with Crippen LogP contribution in [0.5, 0.6) is 0 Å². The van der Waals surface area contributed by atoms with Crippen molar-refractivity contribution >= 4 is 22.4 Å². The second-order valence-electron chi connectivity index (χ2n) is 3.57. The molecule has 0 fully saturated rings. The van der Waals surface area contributed by atoms with Crippen molar-refractivity contribution in [2.45, 2.75) is 12.5 Å². The van der Waals surface area contributed by atoms with Gasteiger partial charge in [-0.1, -0.05) is 29.8 Å². The molecule has 2 atom stereocenters. The standard InChI is InChI=1S/C10H10ClNOS/c1-10(12)4-2-7-8(11)6-14(13)9(7)3-5-10/h2-6H,12H2,1H3. The summed E-state index contributed by atoms with van der Waals surface area (Å²) in [6, 6.07) is 0. The number of hydrogen-bond acceptors (Lipinski definition) is 2. The molecule has 0 spiro atoms. The molecule has 2 rings (SSSR count). The number of halogens is 1. The van der Waals surface area contributed by atoms with Gasteiger partial charge in [0.2, 0.25) is 0 Å². The molecule has 1 aliphatic heterocycles. The van der Waals surface area contributed by atoms with Gasteiger partial charge in [-0.05, 0) is 13.0 Å². The van der Waals surface area contributed by atoms with E-state index in [1.54, 1.807) is 11.5 Å². The zero-order valence-electron chi connectivity index (χ0n) is 7.66. The maximum atomic E-state index is 11.5. The van der Waals surface area contributed by atoms with Gasteiger partial charge in [-0.2, -0.15) is 0 Å². The molecule has 2 unspecified atom stereocenters. The second kappa shape index (κ2) is 3.19. The van der Waals surface area contributed by atoms with E-state index < -0.39 is 16.3 Å². The summed E-state index contributed by atoms with van der Waals surface area (Å²) in [5.74, 6) is 0. The summed E-state index contributed by atoms with van der Waals surface area (Å²) in [6.45, 7) is 1.88. The highest BCUT2D eigenvalue weighted by Crippen LogP contribution is 2.33. The zero-order chi connectivity index (χ0) is 10.3. The van der Waals surface area contributed by atoms with E-state index in [-0.39, 0.29) is 0 Å². The average Bonchev–Trinajstić information content (AvgIpc) is 2.26. The first kappa shape index (κ1) is 9.90. The Morgan fingerprint density at radius 3 is 2.79 bits per heavy atom. The molecule has 14 heavy (non-hydrogen) atoms. The largest absolute Gasteiger partial charge is 0.319 e. The summed E-state index contributed by atoms with van der Waals surface area (Å²) in [6.07, 6.45) is 7.30. The van der Waals surface area contributed by atoms with Gasteiger partial charge in [-0.3, -0.25) is 0 Å². The molecular weight excluding hydrogens is 218 g/mol. The van der Waals surface area contributed by atoms with Gasteiger partial charge in [-0.15, -0.1) is 0 Å². The Balaban J connectivity index is 2.51. The third-order valence-corrected chi connectivity index (χ3v) is 3.83. The van der Waals surface area contributed by atoms with Crippen molar-refractivity contribution in [2.75, 3.05) is 0 Å². The van der Waals surface area contributed by atoms with Crippen molar-refractivity contribution in [1.29, 1.82) is 0 Å². The van der Waals surface area contributed by atoms with E-state index in [4.69, 9.17) is 17.3 Å². The SMILES string of the molecule is CC1(N)C=CC2=C(C=C1)S(=O)C=C2Cl. The van der Waals surface area contributed by atoms with Crippen molar-refractivity contribution in [3.63, 3.8) is 0 Å². The third-order valence-electron chi connectivity index (χ3n) is 2.15. The fraction of sp³-hybridized carbons (Fsp3) is 0.200. The van der Waals surface area contributed by atoms with Gasteiger partial charge in [0.15, 0.2) is 0 Å². The lowest BCUT2D eigenvalue weighted by molar-refractivity contribution is 0.692. The van der Waals surface area contributed by atoms with Crippen LogP contribution in [0.3, 0.4) is 0 Å². The molecule has 1 heterocycles. The van der Waals surface area contributed by atoms with Gasteiger partial charge in [-0.25, -0.2) is 4.21 Å². The van der Waals surface area contributed by atoms with Gasteiger partial charge in [0.05, 0.1) is 26.3 Å². The van der Waals surface area contributed by atoms with Crippen LogP contribution in [0.4, 0.5) is 0 Å². The molecule has 1 aliphatic carbocycles. The van der Waals surface area contributed by atoms with Crippen molar-refractivity contribution < 1.29 is 4.21 Å². The molecule has 4 heteroatoms. The average molecular weight is 228 g/mol. The van der Waals surface area contributed by atoms with Crippen LogP contribution < -0.4 is 5.73 Å². The van der Waals surface area contributed by atoms with Crippen LogP contribution in [0.1, 0.15) is 6.92 Å². The molecule has 0 aromatic rings. The van der Waals surface area contributed by atoms with E-state index in [0.717, 1.165) is 10.5 Å². The fourth-order valence-corrected chi connectivity index (χ4v) is 2.84. The summed E-state index contributed by atoms with van der Waals surface area (Å²) in [4.78, 5) is 0.737. The van der Waals surface area contributed by atoms with Crippen LogP contribution >= 0.6 is 11.6 Å². The lowest BCUT2D eigenvalue weighted by Crippen LogP contribution is -2.30. The summed E-state index contributed by atoms with van der Waals surface area (Å²) in [5.41, 5.74) is 6.23. The number of nitrogens with two attached hydrogens (primary N) is 1. The van der Waals surface area contributed by atoms with E-state index in [1.807, 2.05) is 25.2 Å². The van der Waals surface area contributed by atoms with Crippen LogP contribution in [0.2, 0.25) is 0 Å². The first-order valence-electron chi connectivity index (χ1n) is 4.19. The van der Waals surface area contributed by atoms with Gasteiger partial charge >= 0.3 is 0 Å². The summed E-state index contributed by atoms with van der Waals surface area (Å²) in [7, 11) is -1.12. The summed E-state index contributed by atoms with van der Waals surface area (Å²) in [5, 5.41) is 2.08. The predicted octanol–water partition coefficient (Wildman–Crippen LogP) is 1.93. The summed E-state index contributed by atoms with van der Waals surface area (Å²) < 4.78 is 11.5. The Morgan fingerprint density at radius 2 is 2.07 bits per heavy atom. The van der Waals surface area contributed by atoms with E-state index in [2.05, 4.69) is 0 Å². The maximum Gasteiger partial charge on any atom is 0.0797 e. The Hall–Kier alpha value is -0.640. The fourth-order valence-electron chi connectivity index (χ4n) is 1.34. The van der Waals surface area contributed by atoms with Crippen molar-refractivity contribution in [2.24, 2.45) is 5.73 Å². The van der Waals surface area contributed by atoms with Gasteiger partial charge in [0.25, 0.3) is 0 Å². The molecule has 2 N–H and O–H groups in total. The monoisotopic (exact) mass is 227 g/mol. The Bertz CT molecular complexity index is 429. The molecular formula is C10H10ClNOS. The molecule has 2 nitrogen and oxygen atoms in total. The van der Waals surface area contributed by atoms with E-state index in [0.29, 0.717) is 5.03 Å². The molecule has 0 radical (unpaired) electrons. The highest BCUT2D eigenvalue weighted by Gasteiger charge is 2.23. The Kier molecular flexibility index (Phi) is 2.26. The quantitative estimate of drug-likeness (QED) is 0.687. The molecule has 0 saturated carbocycles. The van der Waals surface area contributed by atoms with Crippen molar-refractivity contribution in [1.82, 2.24) is 0 Å². The highest BCUT2D eigenvalue weighted by atomic mass is 35.5. The predicted molar refractivity (Wildman–Crippen MR) is 60.0 cm³/mol. The van der Waals surface area contributed by atoms with Crippen LogP contribution in [-0.4, -0.2) is 9.75 Å². The second-order valence-corrected chi connectivity index (χ2v) is 5.25. The molecule has 0 bridgehead atoms. The summed E-state index contributed by atoms with van der Waals surface area (Å²) >= 11 is 5.93. The minimum atomic E-state index is -1.12. The lowest BCUT2D eigenvalue weighted by atomic mass is 10.0. The Morgan fingerprint density at radius 1 is 1.43 bits per heavy atom. The lowest BCUT2D eigenvalue weighted by Gasteiger charge is -2.12. The first-order chi connectivity index (χ1) is 6.49. The van der Waals surface area contributed by atoms with Crippen LogP contribution in [-0.2, 0) is 10.8 Å². The molecule has 0 aromatic carbocycles. The smallest absolute Gasteiger partial charge is 0.0797 e. The zero-order valence-corrected chi connectivity index (χ0v) is 9.23. The normalized spacial score (nSPS) is 35.6. The molecule has 0 amide bonds. The molecule has 74 valence electrons. The molecule has 0 saturated heterocycles. The number of rotatable bonds is 0. The maximum absolute atomic E-state index is 11.5. The van der Waals surface area contributed by atoms with Crippen LogP contribution in [0, 0.1) is 0 Å². The van der Waals surface area contributed by atoms with Crippen LogP contribution in [0.25, 0.3) is 0 Å². The van der Waals surface area contributed by atoms with Crippen molar-refractivity contribution in [3.05, 3.63) is 45.2 Å². The van der Waals surface area contributed by atoms with E-state index >= 15 is 0 Å². The van der Waals surface area contributed by atoms with Gasteiger partial charge in [0.1, 0.15) is 0 Å². The minimum absolute atomic E-state index is 0.494. The van der Waals surface area contributed by atoms with Gasteiger partial charge in [0, 0.05) is 11.0 Å². The van der Waals surface area contributed by atoms with E-state index in [9.17, 15) is 4.21 Å². The highest BCUT2D eigenvalue weighted by molar-refractivity contribution is 7.92. The van der Waals surface area contributed by atoms with E-state index in [1.165, 1.54) is 0 Å². The van der Waals surface area contributed by atoms with Crippen molar-refractivity contribution in [3.8, 4) is 0 Å².